The van der Waals surface area contributed by atoms with Crippen molar-refractivity contribution in [1.82, 2.24) is 9.55 Å². The van der Waals surface area contributed by atoms with E-state index in [1.807, 2.05) is 20.8 Å². The van der Waals surface area contributed by atoms with Crippen LogP contribution in [0.1, 0.15) is 20.8 Å². The largest absolute Gasteiger partial charge is 0.443 e. The number of aromatic nitrogens is 2. The number of carbonyl (C=O) groups is 1. The zero-order valence-electron chi connectivity index (χ0n) is 9.90. The Balaban J connectivity index is 2.40. The minimum Gasteiger partial charge on any atom is -0.443 e. The van der Waals surface area contributed by atoms with E-state index in [2.05, 4.69) is 4.98 Å². The minimum absolute atomic E-state index is 0.402. The highest BCUT2D eigenvalue weighted by molar-refractivity contribution is 6.29. The molecule has 0 N–H and O–H groups in total. The maximum absolute atomic E-state index is 11.9. The van der Waals surface area contributed by atoms with Crippen molar-refractivity contribution in [2.24, 2.45) is 0 Å². The van der Waals surface area contributed by atoms with Gasteiger partial charge in [0.05, 0.1) is 11.0 Å². The van der Waals surface area contributed by atoms with Crippen LogP contribution in [-0.4, -0.2) is 21.2 Å². The highest BCUT2D eigenvalue weighted by atomic mass is 35.5. The average Bonchev–Trinajstić information content (AvgIpc) is 2.57. The van der Waals surface area contributed by atoms with Crippen molar-refractivity contribution in [3.05, 3.63) is 29.5 Å². The molecule has 2 rings (SSSR count). The Bertz CT molecular complexity index is 569. The molecule has 90 valence electrons. The normalized spacial score (nSPS) is 11.8. The molecule has 0 aliphatic carbocycles. The van der Waals surface area contributed by atoms with Crippen molar-refractivity contribution in [3.63, 3.8) is 0 Å². The first kappa shape index (κ1) is 11.9. The second kappa shape index (κ2) is 4.04. The number of halogens is 1. The molecular formula is C12H13ClN2O2. The number of hydrogen-bond acceptors (Lipinski definition) is 3. The number of pyridine rings is 1. The van der Waals surface area contributed by atoms with Crippen LogP contribution in [0.3, 0.4) is 0 Å². The molecule has 0 saturated heterocycles. The first-order chi connectivity index (χ1) is 7.87. The first-order valence-corrected chi connectivity index (χ1v) is 5.61. The number of ether oxygens (including phenoxy) is 1. The Morgan fingerprint density at radius 2 is 2.06 bits per heavy atom. The SMILES string of the molecule is CC(C)(C)OC(=O)n1ccc2nc(Cl)ccc21. The molecule has 5 heteroatoms. The summed E-state index contributed by atoms with van der Waals surface area (Å²) < 4.78 is 6.70. The summed E-state index contributed by atoms with van der Waals surface area (Å²) in [6.45, 7) is 5.48. The molecule has 0 aromatic carbocycles. The fourth-order valence-electron chi connectivity index (χ4n) is 1.46. The molecule has 2 aromatic rings. The van der Waals surface area contributed by atoms with Crippen LogP contribution in [0.15, 0.2) is 24.4 Å². The molecule has 0 aliphatic heterocycles. The van der Waals surface area contributed by atoms with Crippen molar-refractivity contribution < 1.29 is 9.53 Å². The van der Waals surface area contributed by atoms with Gasteiger partial charge in [0.2, 0.25) is 0 Å². The fraction of sp³-hybridized carbons (Fsp3) is 0.333. The highest BCUT2D eigenvalue weighted by Gasteiger charge is 2.19. The summed E-state index contributed by atoms with van der Waals surface area (Å²) in [7, 11) is 0. The van der Waals surface area contributed by atoms with E-state index in [1.165, 1.54) is 4.57 Å². The number of fused-ring (bicyclic) bond motifs is 1. The topological polar surface area (TPSA) is 44.1 Å². The molecule has 17 heavy (non-hydrogen) atoms. The molecule has 0 bridgehead atoms. The molecule has 0 spiro atoms. The van der Waals surface area contributed by atoms with E-state index in [-0.39, 0.29) is 0 Å². The number of carbonyl (C=O) groups excluding carboxylic acids is 1. The van der Waals surface area contributed by atoms with Crippen LogP contribution in [0.5, 0.6) is 0 Å². The van der Waals surface area contributed by atoms with E-state index in [0.29, 0.717) is 16.2 Å². The van der Waals surface area contributed by atoms with Crippen LogP contribution in [0.4, 0.5) is 4.79 Å². The second-order valence-electron chi connectivity index (χ2n) is 4.70. The zero-order chi connectivity index (χ0) is 12.6. The smallest absolute Gasteiger partial charge is 0.419 e. The third kappa shape index (κ3) is 2.58. The van der Waals surface area contributed by atoms with Crippen molar-refractivity contribution in [2.75, 3.05) is 0 Å². The molecule has 0 amide bonds. The standard InChI is InChI=1S/C12H13ClN2O2/c1-12(2,3)17-11(16)15-7-6-8-9(15)4-5-10(13)14-8/h4-7H,1-3H3. The van der Waals surface area contributed by atoms with Crippen molar-refractivity contribution in [2.45, 2.75) is 26.4 Å². The maximum Gasteiger partial charge on any atom is 0.419 e. The lowest BCUT2D eigenvalue weighted by Gasteiger charge is -2.19. The molecule has 0 radical (unpaired) electrons. The number of hydrogen-bond donors (Lipinski definition) is 0. The van der Waals surface area contributed by atoms with Gasteiger partial charge >= 0.3 is 6.09 Å². The van der Waals surface area contributed by atoms with Gasteiger partial charge < -0.3 is 4.74 Å². The minimum atomic E-state index is -0.520. The summed E-state index contributed by atoms with van der Waals surface area (Å²) >= 11 is 5.78. The molecule has 0 saturated carbocycles. The quantitative estimate of drug-likeness (QED) is 0.675. The average molecular weight is 253 g/mol. The van der Waals surface area contributed by atoms with Gasteiger partial charge in [0, 0.05) is 6.20 Å². The van der Waals surface area contributed by atoms with Crippen molar-refractivity contribution in [1.29, 1.82) is 0 Å². The van der Waals surface area contributed by atoms with Gasteiger partial charge in [-0.05, 0) is 39.0 Å². The van der Waals surface area contributed by atoms with Crippen LogP contribution in [0.2, 0.25) is 5.15 Å². The Labute approximate surface area is 104 Å². The molecule has 2 heterocycles. The van der Waals surface area contributed by atoms with Gasteiger partial charge in [-0.3, -0.25) is 4.57 Å². The maximum atomic E-state index is 11.9. The van der Waals surface area contributed by atoms with Gasteiger partial charge in [-0.1, -0.05) is 11.6 Å². The van der Waals surface area contributed by atoms with Crippen LogP contribution in [-0.2, 0) is 4.74 Å². The van der Waals surface area contributed by atoms with Crippen molar-refractivity contribution >= 4 is 28.7 Å². The lowest BCUT2D eigenvalue weighted by molar-refractivity contribution is 0.0544. The summed E-state index contributed by atoms with van der Waals surface area (Å²) in [5, 5.41) is 0.402. The van der Waals surface area contributed by atoms with Crippen LogP contribution < -0.4 is 0 Å². The Morgan fingerprint density at radius 1 is 1.35 bits per heavy atom. The zero-order valence-corrected chi connectivity index (χ0v) is 10.7. The summed E-state index contributed by atoms with van der Waals surface area (Å²) in [6, 6.07) is 5.12. The molecule has 0 aliphatic rings. The van der Waals surface area contributed by atoms with Crippen LogP contribution >= 0.6 is 11.6 Å². The lowest BCUT2D eigenvalue weighted by atomic mass is 10.2. The van der Waals surface area contributed by atoms with Gasteiger partial charge in [0.15, 0.2) is 0 Å². The van der Waals surface area contributed by atoms with Gasteiger partial charge in [0.25, 0.3) is 0 Å². The first-order valence-electron chi connectivity index (χ1n) is 5.24. The van der Waals surface area contributed by atoms with E-state index in [9.17, 15) is 4.79 Å². The molecule has 0 unspecified atom stereocenters. The van der Waals surface area contributed by atoms with E-state index in [4.69, 9.17) is 16.3 Å². The van der Waals surface area contributed by atoms with Crippen molar-refractivity contribution in [3.8, 4) is 0 Å². The third-order valence-electron chi connectivity index (χ3n) is 2.10. The van der Waals surface area contributed by atoms with E-state index in [0.717, 1.165) is 0 Å². The third-order valence-corrected chi connectivity index (χ3v) is 2.31. The van der Waals surface area contributed by atoms with Gasteiger partial charge in [-0.25, -0.2) is 9.78 Å². The monoisotopic (exact) mass is 252 g/mol. The number of nitrogens with zero attached hydrogens (tertiary/aromatic N) is 2. The summed E-state index contributed by atoms with van der Waals surface area (Å²) in [6.07, 6.45) is 1.21. The van der Waals surface area contributed by atoms with E-state index < -0.39 is 11.7 Å². The molecule has 0 atom stereocenters. The molecular weight excluding hydrogens is 240 g/mol. The van der Waals surface area contributed by atoms with E-state index in [1.54, 1.807) is 24.4 Å². The highest BCUT2D eigenvalue weighted by Crippen LogP contribution is 2.18. The second-order valence-corrected chi connectivity index (χ2v) is 5.09. The molecule has 0 fully saturated rings. The Morgan fingerprint density at radius 3 is 2.71 bits per heavy atom. The Hall–Kier alpha value is -1.55. The predicted octanol–water partition coefficient (Wildman–Crippen LogP) is 3.47. The fourth-order valence-corrected chi connectivity index (χ4v) is 1.62. The van der Waals surface area contributed by atoms with Crippen LogP contribution in [0.25, 0.3) is 11.0 Å². The molecule has 4 nitrogen and oxygen atoms in total. The number of rotatable bonds is 0. The van der Waals surface area contributed by atoms with Crippen LogP contribution in [0, 0.1) is 0 Å². The van der Waals surface area contributed by atoms with Gasteiger partial charge in [0.1, 0.15) is 10.8 Å². The van der Waals surface area contributed by atoms with E-state index >= 15 is 0 Å². The summed E-state index contributed by atoms with van der Waals surface area (Å²) in [4.78, 5) is 16.0. The molecule has 2 aromatic heterocycles. The Kier molecular flexibility index (Phi) is 2.83. The van der Waals surface area contributed by atoms with Gasteiger partial charge in [-0.2, -0.15) is 0 Å². The lowest BCUT2D eigenvalue weighted by Crippen LogP contribution is -2.26. The summed E-state index contributed by atoms with van der Waals surface area (Å²) in [5.41, 5.74) is 0.833. The predicted molar refractivity (Wildman–Crippen MR) is 66.4 cm³/mol. The van der Waals surface area contributed by atoms with Gasteiger partial charge in [-0.15, -0.1) is 0 Å². The summed E-state index contributed by atoms with van der Waals surface area (Å²) in [5.74, 6) is 0.